The van der Waals surface area contributed by atoms with E-state index < -0.39 is 11.6 Å². The lowest BCUT2D eigenvalue weighted by Crippen LogP contribution is -2.07. The van der Waals surface area contributed by atoms with Crippen LogP contribution < -0.4 is 0 Å². The number of fused-ring (bicyclic) bond motifs is 1. The second-order valence-electron chi connectivity index (χ2n) is 7.06. The number of hydrogen-bond donors (Lipinski definition) is 0. The molecule has 1 unspecified atom stereocenters. The summed E-state index contributed by atoms with van der Waals surface area (Å²) in [4.78, 5) is 4.33. The van der Waals surface area contributed by atoms with Gasteiger partial charge in [0.15, 0.2) is 5.82 Å². The van der Waals surface area contributed by atoms with Gasteiger partial charge in [-0.3, -0.25) is 0 Å². The zero-order valence-corrected chi connectivity index (χ0v) is 13.6. The standard InChI is InChI=1S/C16H19ClF2N2/c1-8(17)13-20-12-10(19)6-9(18)7-11(12)21(13)14-15(2,3)16(14,4)5/h6-8,14H,1-5H3. The molecule has 0 aliphatic heterocycles. The summed E-state index contributed by atoms with van der Waals surface area (Å²) in [5, 5.41) is -0.368. The highest BCUT2D eigenvalue weighted by Crippen LogP contribution is 2.72. The van der Waals surface area contributed by atoms with Gasteiger partial charge < -0.3 is 4.57 Å². The van der Waals surface area contributed by atoms with Crippen LogP contribution in [0.2, 0.25) is 0 Å². The van der Waals surface area contributed by atoms with E-state index in [9.17, 15) is 8.78 Å². The highest BCUT2D eigenvalue weighted by molar-refractivity contribution is 6.20. The fourth-order valence-corrected chi connectivity index (χ4v) is 3.65. The maximum absolute atomic E-state index is 14.0. The first-order chi connectivity index (χ1) is 9.59. The molecule has 0 amide bonds. The Morgan fingerprint density at radius 3 is 2.24 bits per heavy atom. The van der Waals surface area contributed by atoms with Crippen LogP contribution in [-0.2, 0) is 0 Å². The van der Waals surface area contributed by atoms with Crippen molar-refractivity contribution in [2.75, 3.05) is 0 Å². The highest BCUT2D eigenvalue weighted by atomic mass is 35.5. The van der Waals surface area contributed by atoms with Gasteiger partial charge in [-0.1, -0.05) is 27.7 Å². The normalized spacial score (nSPS) is 21.7. The number of halogens is 3. The first-order valence-electron chi connectivity index (χ1n) is 7.10. The molecular formula is C16H19ClF2N2. The van der Waals surface area contributed by atoms with Crippen molar-refractivity contribution in [3.8, 4) is 0 Å². The number of alkyl halides is 1. The van der Waals surface area contributed by atoms with Crippen molar-refractivity contribution in [3.05, 3.63) is 29.6 Å². The summed E-state index contributed by atoms with van der Waals surface area (Å²) in [7, 11) is 0. The largest absolute Gasteiger partial charge is 0.322 e. The van der Waals surface area contributed by atoms with Gasteiger partial charge in [0.1, 0.15) is 17.2 Å². The number of hydrogen-bond acceptors (Lipinski definition) is 1. The monoisotopic (exact) mass is 312 g/mol. The Balaban J connectivity index is 2.33. The van der Waals surface area contributed by atoms with Gasteiger partial charge in [-0.05, 0) is 23.8 Å². The molecule has 3 rings (SSSR count). The molecule has 5 heteroatoms. The first-order valence-corrected chi connectivity index (χ1v) is 7.53. The predicted octanol–water partition coefficient (Wildman–Crippen LogP) is 5.22. The maximum atomic E-state index is 14.0. The number of rotatable bonds is 2. The second-order valence-corrected chi connectivity index (χ2v) is 7.71. The van der Waals surface area contributed by atoms with Crippen molar-refractivity contribution < 1.29 is 8.78 Å². The third kappa shape index (κ3) is 1.84. The summed E-state index contributed by atoms with van der Waals surface area (Å²) in [6, 6.07) is 2.33. The highest BCUT2D eigenvalue weighted by Gasteiger charge is 2.66. The molecule has 2 nitrogen and oxygen atoms in total. The molecule has 1 heterocycles. The van der Waals surface area contributed by atoms with Crippen LogP contribution in [0.25, 0.3) is 11.0 Å². The molecule has 1 aromatic heterocycles. The Kier molecular flexibility index (Phi) is 2.94. The number of aromatic nitrogens is 2. The predicted molar refractivity (Wildman–Crippen MR) is 80.5 cm³/mol. The van der Waals surface area contributed by atoms with Crippen molar-refractivity contribution in [1.29, 1.82) is 0 Å². The number of nitrogens with zero attached hydrogens (tertiary/aromatic N) is 2. The third-order valence-electron chi connectivity index (χ3n) is 5.30. The van der Waals surface area contributed by atoms with E-state index >= 15 is 0 Å². The SMILES string of the molecule is CC(Cl)c1nc2c(F)cc(F)cc2n1C1C(C)(C)C1(C)C. The Bertz CT molecular complexity index is 717. The van der Waals surface area contributed by atoms with E-state index in [1.807, 2.05) is 4.57 Å². The van der Waals surface area contributed by atoms with E-state index in [-0.39, 0.29) is 27.8 Å². The van der Waals surface area contributed by atoms with E-state index in [1.165, 1.54) is 6.07 Å². The first kappa shape index (κ1) is 14.8. The van der Waals surface area contributed by atoms with Crippen LogP contribution >= 0.6 is 11.6 Å². The fraction of sp³-hybridized carbons (Fsp3) is 0.562. The van der Waals surface area contributed by atoms with Crippen molar-refractivity contribution >= 4 is 22.6 Å². The van der Waals surface area contributed by atoms with E-state index in [1.54, 1.807) is 6.92 Å². The molecule has 0 saturated heterocycles. The Morgan fingerprint density at radius 2 is 1.76 bits per heavy atom. The van der Waals surface area contributed by atoms with Crippen LogP contribution in [0.5, 0.6) is 0 Å². The van der Waals surface area contributed by atoms with Gasteiger partial charge in [0.25, 0.3) is 0 Å². The zero-order valence-electron chi connectivity index (χ0n) is 12.8. The summed E-state index contributed by atoms with van der Waals surface area (Å²) >= 11 is 6.23. The van der Waals surface area contributed by atoms with Crippen molar-refractivity contribution in [3.63, 3.8) is 0 Å². The molecule has 1 aromatic carbocycles. The molecule has 1 atom stereocenters. The average molecular weight is 313 g/mol. The lowest BCUT2D eigenvalue weighted by molar-refractivity contribution is 0.457. The molecule has 114 valence electrons. The summed E-state index contributed by atoms with van der Waals surface area (Å²) in [5.74, 6) is -0.635. The van der Waals surface area contributed by atoms with Gasteiger partial charge in [0.05, 0.1) is 10.9 Å². The molecule has 0 spiro atoms. The van der Waals surface area contributed by atoms with Crippen molar-refractivity contribution in [2.45, 2.75) is 46.0 Å². The van der Waals surface area contributed by atoms with Gasteiger partial charge >= 0.3 is 0 Å². The summed E-state index contributed by atoms with van der Waals surface area (Å²) < 4.78 is 29.6. The molecule has 2 aromatic rings. The molecule has 1 saturated carbocycles. The van der Waals surface area contributed by atoms with E-state index in [0.29, 0.717) is 11.3 Å². The quantitative estimate of drug-likeness (QED) is 0.695. The zero-order chi connectivity index (χ0) is 15.7. The van der Waals surface area contributed by atoms with Gasteiger partial charge in [0, 0.05) is 12.1 Å². The van der Waals surface area contributed by atoms with Gasteiger partial charge in [-0.15, -0.1) is 11.6 Å². The minimum absolute atomic E-state index is 0.0178. The molecule has 1 aliphatic rings. The number of imidazole rings is 1. The average Bonchev–Trinajstić information content (AvgIpc) is 2.66. The summed E-state index contributed by atoms with van der Waals surface area (Å²) in [6.07, 6.45) is 0. The molecule has 1 aliphatic carbocycles. The van der Waals surface area contributed by atoms with Crippen LogP contribution in [-0.4, -0.2) is 9.55 Å². The van der Waals surface area contributed by atoms with Crippen LogP contribution in [0.1, 0.15) is 51.9 Å². The van der Waals surface area contributed by atoms with Crippen LogP contribution in [0.3, 0.4) is 0 Å². The Morgan fingerprint density at radius 1 is 1.19 bits per heavy atom. The van der Waals surface area contributed by atoms with Gasteiger partial charge in [0.2, 0.25) is 0 Å². The molecule has 21 heavy (non-hydrogen) atoms. The van der Waals surface area contributed by atoms with Gasteiger partial charge in [-0.25, -0.2) is 13.8 Å². The molecule has 0 N–H and O–H groups in total. The van der Waals surface area contributed by atoms with Crippen LogP contribution in [0.4, 0.5) is 8.78 Å². The van der Waals surface area contributed by atoms with Crippen LogP contribution in [0.15, 0.2) is 12.1 Å². The topological polar surface area (TPSA) is 17.8 Å². The van der Waals surface area contributed by atoms with Crippen molar-refractivity contribution in [2.24, 2.45) is 10.8 Å². The minimum Gasteiger partial charge on any atom is -0.322 e. The summed E-state index contributed by atoms with van der Waals surface area (Å²) in [6.45, 7) is 10.4. The van der Waals surface area contributed by atoms with Gasteiger partial charge in [-0.2, -0.15) is 0 Å². The molecule has 0 radical (unpaired) electrons. The lowest BCUT2D eigenvalue weighted by Gasteiger charge is -2.13. The third-order valence-corrected chi connectivity index (χ3v) is 5.49. The van der Waals surface area contributed by atoms with Crippen LogP contribution in [0, 0.1) is 22.5 Å². The second kappa shape index (κ2) is 4.19. The van der Waals surface area contributed by atoms with E-state index in [0.717, 1.165) is 6.07 Å². The summed E-state index contributed by atoms with van der Waals surface area (Å²) in [5.41, 5.74) is 0.713. The lowest BCUT2D eigenvalue weighted by atomic mass is 10.0. The Hall–Kier alpha value is -1.16. The van der Waals surface area contributed by atoms with E-state index in [2.05, 4.69) is 32.7 Å². The number of benzene rings is 1. The minimum atomic E-state index is -0.640. The Labute approximate surface area is 128 Å². The maximum Gasteiger partial charge on any atom is 0.153 e. The van der Waals surface area contributed by atoms with Crippen molar-refractivity contribution in [1.82, 2.24) is 9.55 Å². The molecule has 0 bridgehead atoms. The molecule has 1 fully saturated rings. The van der Waals surface area contributed by atoms with E-state index in [4.69, 9.17) is 11.6 Å². The molecular weight excluding hydrogens is 294 g/mol. The smallest absolute Gasteiger partial charge is 0.153 e. The fourth-order valence-electron chi connectivity index (χ4n) is 3.50.